The molecule has 1 fully saturated rings. The summed E-state index contributed by atoms with van der Waals surface area (Å²) in [5, 5.41) is 8.00. The summed E-state index contributed by atoms with van der Waals surface area (Å²) in [6.45, 7) is 1.25. The Morgan fingerprint density at radius 1 is 1.33 bits per heavy atom. The Hall–Kier alpha value is -1.74. The van der Waals surface area contributed by atoms with E-state index in [-0.39, 0.29) is 16.2 Å². The number of amides is 1. The van der Waals surface area contributed by atoms with Crippen LogP contribution < -0.4 is 10.5 Å². The molecule has 1 amide bonds. The molecule has 0 saturated carbocycles. The second-order valence-corrected chi connectivity index (χ2v) is 8.46. The summed E-state index contributed by atoms with van der Waals surface area (Å²) in [7, 11) is -3.71. The number of ether oxygens (including phenoxy) is 1. The van der Waals surface area contributed by atoms with Crippen molar-refractivity contribution in [3.8, 4) is 10.4 Å². The lowest BCUT2D eigenvalue weighted by Crippen LogP contribution is -2.31. The number of carbonyl (C=O) groups excluding carboxylic acids is 1. The van der Waals surface area contributed by atoms with Crippen molar-refractivity contribution in [3.05, 3.63) is 42.0 Å². The minimum Gasteiger partial charge on any atom is -0.376 e. The van der Waals surface area contributed by atoms with Gasteiger partial charge in [0, 0.05) is 23.6 Å². The molecule has 1 aromatic heterocycles. The zero-order chi connectivity index (χ0) is 17.2. The summed E-state index contributed by atoms with van der Waals surface area (Å²) in [6.07, 6.45) is 2.08. The fourth-order valence-electron chi connectivity index (χ4n) is 2.56. The third-order valence-electron chi connectivity index (χ3n) is 3.79. The molecule has 3 rings (SSSR count). The SMILES string of the molecule is NS(=O)(=O)c1ccc(-c2cccc(C(=O)NCC3CCCO3)c2)s1. The quantitative estimate of drug-likeness (QED) is 0.845. The molecular formula is C16H18N2O4S2. The standard InChI is InChI=1S/C16H18N2O4S2/c17-24(20,21)15-7-6-14(23-15)11-3-1-4-12(9-11)16(19)18-10-13-5-2-8-22-13/h1,3-4,6-7,9,13H,2,5,8,10H2,(H,18,19)(H2,17,20,21). The van der Waals surface area contributed by atoms with Crippen LogP contribution >= 0.6 is 11.3 Å². The van der Waals surface area contributed by atoms with Gasteiger partial charge in [-0.05, 0) is 42.7 Å². The number of nitrogens with two attached hydrogens (primary N) is 1. The van der Waals surface area contributed by atoms with Gasteiger partial charge in [-0.1, -0.05) is 12.1 Å². The maximum atomic E-state index is 12.3. The van der Waals surface area contributed by atoms with E-state index in [1.807, 2.05) is 6.07 Å². The molecule has 2 aromatic rings. The second kappa shape index (κ2) is 7.02. The highest BCUT2D eigenvalue weighted by molar-refractivity contribution is 7.91. The molecule has 2 heterocycles. The highest BCUT2D eigenvalue weighted by Gasteiger charge is 2.17. The zero-order valence-electron chi connectivity index (χ0n) is 12.9. The maximum absolute atomic E-state index is 12.3. The van der Waals surface area contributed by atoms with Crippen LogP contribution in [-0.4, -0.2) is 33.6 Å². The Morgan fingerprint density at radius 2 is 2.17 bits per heavy atom. The maximum Gasteiger partial charge on any atom is 0.251 e. The topological polar surface area (TPSA) is 98.5 Å². The number of thiophene rings is 1. The number of sulfonamides is 1. The van der Waals surface area contributed by atoms with Crippen LogP contribution in [0.4, 0.5) is 0 Å². The molecule has 0 bridgehead atoms. The summed E-state index contributed by atoms with van der Waals surface area (Å²) < 4.78 is 28.3. The zero-order valence-corrected chi connectivity index (χ0v) is 14.5. The fraction of sp³-hybridized carbons (Fsp3) is 0.312. The Kier molecular flexibility index (Phi) is 5.00. The van der Waals surface area contributed by atoms with Gasteiger partial charge in [-0.2, -0.15) is 0 Å². The highest BCUT2D eigenvalue weighted by atomic mass is 32.2. The second-order valence-electron chi connectivity index (χ2n) is 5.59. The fourth-order valence-corrected chi connectivity index (χ4v) is 4.28. The van der Waals surface area contributed by atoms with Crippen molar-refractivity contribution in [3.63, 3.8) is 0 Å². The average molecular weight is 366 g/mol. The Morgan fingerprint density at radius 3 is 2.83 bits per heavy atom. The normalized spacial score (nSPS) is 17.8. The summed E-state index contributed by atoms with van der Waals surface area (Å²) in [4.78, 5) is 13.0. The molecule has 1 atom stereocenters. The molecule has 1 saturated heterocycles. The summed E-state index contributed by atoms with van der Waals surface area (Å²) in [5.41, 5.74) is 1.30. The van der Waals surface area contributed by atoms with E-state index in [2.05, 4.69) is 5.32 Å². The number of benzene rings is 1. The van der Waals surface area contributed by atoms with Crippen molar-refractivity contribution >= 4 is 27.3 Å². The lowest BCUT2D eigenvalue weighted by atomic mass is 10.1. The van der Waals surface area contributed by atoms with E-state index in [4.69, 9.17) is 9.88 Å². The van der Waals surface area contributed by atoms with Gasteiger partial charge in [0.05, 0.1) is 6.10 Å². The van der Waals surface area contributed by atoms with Crippen LogP contribution in [0.1, 0.15) is 23.2 Å². The van der Waals surface area contributed by atoms with Gasteiger partial charge in [-0.15, -0.1) is 11.3 Å². The number of rotatable bonds is 5. The van der Waals surface area contributed by atoms with E-state index in [1.165, 1.54) is 6.07 Å². The minimum absolute atomic E-state index is 0.0896. The number of primary sulfonamides is 1. The average Bonchev–Trinajstić information content (AvgIpc) is 3.23. The molecule has 8 heteroatoms. The number of hydrogen-bond acceptors (Lipinski definition) is 5. The molecule has 0 radical (unpaired) electrons. The van der Waals surface area contributed by atoms with Crippen molar-refractivity contribution < 1.29 is 17.9 Å². The molecule has 1 aliphatic rings. The number of hydrogen-bond donors (Lipinski definition) is 2. The monoisotopic (exact) mass is 366 g/mol. The van der Waals surface area contributed by atoms with Crippen molar-refractivity contribution in [2.75, 3.05) is 13.2 Å². The van der Waals surface area contributed by atoms with Crippen molar-refractivity contribution in [2.45, 2.75) is 23.2 Å². The largest absolute Gasteiger partial charge is 0.376 e. The molecule has 1 aromatic carbocycles. The van der Waals surface area contributed by atoms with E-state index in [9.17, 15) is 13.2 Å². The Balaban J connectivity index is 1.73. The van der Waals surface area contributed by atoms with E-state index in [0.717, 1.165) is 41.2 Å². The van der Waals surface area contributed by atoms with Gasteiger partial charge in [-0.25, -0.2) is 13.6 Å². The van der Waals surface area contributed by atoms with Gasteiger partial charge in [-0.3, -0.25) is 4.79 Å². The summed E-state index contributed by atoms with van der Waals surface area (Å²) >= 11 is 1.08. The third kappa shape index (κ3) is 4.02. The van der Waals surface area contributed by atoms with Crippen LogP contribution in [0, 0.1) is 0 Å². The first kappa shape index (κ1) is 17.1. The molecule has 1 aliphatic heterocycles. The van der Waals surface area contributed by atoms with Crippen LogP contribution in [0.15, 0.2) is 40.6 Å². The molecule has 128 valence electrons. The number of nitrogens with one attached hydrogen (secondary N) is 1. The predicted octanol–water partition coefficient (Wildman–Crippen LogP) is 1.97. The van der Waals surface area contributed by atoms with E-state index >= 15 is 0 Å². The van der Waals surface area contributed by atoms with Gasteiger partial charge in [0.25, 0.3) is 5.91 Å². The van der Waals surface area contributed by atoms with Gasteiger partial charge < -0.3 is 10.1 Å². The molecule has 0 aliphatic carbocycles. The van der Waals surface area contributed by atoms with Crippen LogP contribution in [0.3, 0.4) is 0 Å². The first-order valence-corrected chi connectivity index (χ1v) is 9.92. The van der Waals surface area contributed by atoms with Gasteiger partial charge >= 0.3 is 0 Å². The molecular weight excluding hydrogens is 348 g/mol. The lowest BCUT2D eigenvalue weighted by molar-refractivity contribution is 0.0858. The van der Waals surface area contributed by atoms with Crippen molar-refractivity contribution in [1.82, 2.24) is 5.32 Å². The summed E-state index contributed by atoms with van der Waals surface area (Å²) in [6, 6.07) is 10.2. The van der Waals surface area contributed by atoms with Crippen molar-refractivity contribution in [1.29, 1.82) is 0 Å². The molecule has 3 N–H and O–H groups in total. The van der Waals surface area contributed by atoms with Crippen LogP contribution in [0.5, 0.6) is 0 Å². The smallest absolute Gasteiger partial charge is 0.251 e. The molecule has 0 spiro atoms. The van der Waals surface area contributed by atoms with Crippen LogP contribution in [-0.2, 0) is 14.8 Å². The number of carbonyl (C=O) groups is 1. The first-order chi connectivity index (χ1) is 11.4. The van der Waals surface area contributed by atoms with Gasteiger partial charge in [0.2, 0.25) is 10.0 Å². The summed E-state index contributed by atoms with van der Waals surface area (Å²) in [5.74, 6) is -0.171. The van der Waals surface area contributed by atoms with E-state index < -0.39 is 10.0 Å². The van der Waals surface area contributed by atoms with Gasteiger partial charge in [0.15, 0.2) is 0 Å². The van der Waals surface area contributed by atoms with E-state index in [0.29, 0.717) is 12.1 Å². The highest BCUT2D eigenvalue weighted by Crippen LogP contribution is 2.30. The third-order valence-corrected chi connectivity index (χ3v) is 6.36. The molecule has 24 heavy (non-hydrogen) atoms. The Labute approximate surface area is 144 Å². The van der Waals surface area contributed by atoms with Crippen LogP contribution in [0.2, 0.25) is 0 Å². The van der Waals surface area contributed by atoms with Crippen molar-refractivity contribution in [2.24, 2.45) is 5.14 Å². The molecule has 6 nitrogen and oxygen atoms in total. The predicted molar refractivity (Wildman–Crippen MR) is 92.4 cm³/mol. The first-order valence-electron chi connectivity index (χ1n) is 7.56. The van der Waals surface area contributed by atoms with Gasteiger partial charge in [0.1, 0.15) is 4.21 Å². The van der Waals surface area contributed by atoms with Crippen LogP contribution in [0.25, 0.3) is 10.4 Å². The lowest BCUT2D eigenvalue weighted by Gasteiger charge is -2.11. The van der Waals surface area contributed by atoms with E-state index in [1.54, 1.807) is 24.3 Å². The minimum atomic E-state index is -3.71. The molecule has 1 unspecified atom stereocenters. The Bertz CT molecular complexity index is 839.